The topological polar surface area (TPSA) is 116 Å². The van der Waals surface area contributed by atoms with Gasteiger partial charge in [-0.1, -0.05) is 0 Å². The number of hydrogen-bond acceptors (Lipinski definition) is 4. The summed E-state index contributed by atoms with van der Waals surface area (Å²) in [6.45, 7) is 0.549. The molecule has 0 spiro atoms. The maximum atomic E-state index is 11.7. The summed E-state index contributed by atoms with van der Waals surface area (Å²) in [6, 6.07) is -1.55. The number of urea groups is 1. The van der Waals surface area contributed by atoms with Crippen LogP contribution in [0, 0.1) is 5.92 Å². The predicted molar refractivity (Wildman–Crippen MR) is 79.5 cm³/mol. The van der Waals surface area contributed by atoms with Gasteiger partial charge in [0.05, 0.1) is 0 Å². The third kappa shape index (κ3) is 7.79. The van der Waals surface area contributed by atoms with Gasteiger partial charge in [-0.25, -0.2) is 9.59 Å². The van der Waals surface area contributed by atoms with Crippen LogP contribution in [0.4, 0.5) is 4.79 Å². The van der Waals surface area contributed by atoms with E-state index in [1.807, 2.05) is 11.8 Å². The van der Waals surface area contributed by atoms with Gasteiger partial charge in [0.1, 0.15) is 6.04 Å². The van der Waals surface area contributed by atoms with Crippen LogP contribution < -0.4 is 10.6 Å². The Labute approximate surface area is 127 Å². The summed E-state index contributed by atoms with van der Waals surface area (Å²) < 4.78 is 0. The van der Waals surface area contributed by atoms with E-state index in [-0.39, 0.29) is 19.3 Å². The summed E-state index contributed by atoms with van der Waals surface area (Å²) in [6.07, 6.45) is 2.34. The van der Waals surface area contributed by atoms with Crippen LogP contribution in [0.1, 0.15) is 32.1 Å². The van der Waals surface area contributed by atoms with Crippen LogP contribution in [0.25, 0.3) is 0 Å². The fourth-order valence-electron chi connectivity index (χ4n) is 2.11. The standard InChI is InChI=1S/C13H22N2O5S/c16-11(17)3-1-2-10(12(18)19)15-13(20)14-8-9-4-6-21-7-5-9/h9-10H,1-8H2,(H,16,17)(H,18,19)(H2,14,15,20)/t10-/m1/s1. The normalized spacial score (nSPS) is 17.0. The molecule has 1 heterocycles. The molecule has 0 aromatic heterocycles. The smallest absolute Gasteiger partial charge is 0.326 e. The molecule has 21 heavy (non-hydrogen) atoms. The molecule has 0 saturated carbocycles. The van der Waals surface area contributed by atoms with Crippen LogP contribution in [-0.4, -0.2) is 52.3 Å². The first kappa shape index (κ1) is 17.6. The van der Waals surface area contributed by atoms with Gasteiger partial charge >= 0.3 is 18.0 Å². The minimum Gasteiger partial charge on any atom is -0.481 e. The van der Waals surface area contributed by atoms with E-state index in [0.29, 0.717) is 12.5 Å². The molecule has 0 unspecified atom stereocenters. The quantitative estimate of drug-likeness (QED) is 0.533. The number of carbonyl (C=O) groups excluding carboxylic acids is 1. The van der Waals surface area contributed by atoms with Crippen LogP contribution >= 0.6 is 11.8 Å². The third-order valence-electron chi connectivity index (χ3n) is 3.38. The van der Waals surface area contributed by atoms with Gasteiger partial charge in [-0.3, -0.25) is 4.79 Å². The zero-order valence-electron chi connectivity index (χ0n) is 11.8. The summed E-state index contributed by atoms with van der Waals surface area (Å²) in [4.78, 5) is 33.1. The fraction of sp³-hybridized carbons (Fsp3) is 0.769. The average molecular weight is 318 g/mol. The molecule has 1 rings (SSSR count). The van der Waals surface area contributed by atoms with Gasteiger partial charge in [-0.15, -0.1) is 0 Å². The fourth-order valence-corrected chi connectivity index (χ4v) is 3.32. The molecule has 4 N–H and O–H groups in total. The van der Waals surface area contributed by atoms with E-state index in [2.05, 4.69) is 10.6 Å². The molecule has 0 aliphatic carbocycles. The van der Waals surface area contributed by atoms with E-state index < -0.39 is 24.0 Å². The number of rotatable bonds is 8. The van der Waals surface area contributed by atoms with Gasteiger partial charge in [0, 0.05) is 13.0 Å². The highest BCUT2D eigenvalue weighted by Crippen LogP contribution is 2.21. The van der Waals surface area contributed by atoms with Crippen molar-refractivity contribution in [2.75, 3.05) is 18.1 Å². The predicted octanol–water partition coefficient (Wildman–Crippen LogP) is 1.14. The minimum atomic E-state index is -1.15. The van der Waals surface area contributed by atoms with Crippen molar-refractivity contribution in [2.24, 2.45) is 5.92 Å². The lowest BCUT2D eigenvalue weighted by Crippen LogP contribution is -2.47. The lowest BCUT2D eigenvalue weighted by Gasteiger charge is -2.22. The lowest BCUT2D eigenvalue weighted by atomic mass is 10.0. The number of carboxylic acids is 2. The highest BCUT2D eigenvalue weighted by Gasteiger charge is 2.21. The van der Waals surface area contributed by atoms with Gasteiger partial charge in [-0.2, -0.15) is 11.8 Å². The second-order valence-electron chi connectivity index (χ2n) is 5.09. The van der Waals surface area contributed by atoms with Gasteiger partial charge < -0.3 is 20.8 Å². The highest BCUT2D eigenvalue weighted by molar-refractivity contribution is 7.99. The summed E-state index contributed by atoms with van der Waals surface area (Å²) in [5, 5.41) is 22.6. The zero-order valence-corrected chi connectivity index (χ0v) is 12.7. The van der Waals surface area contributed by atoms with Gasteiger partial charge in [0.15, 0.2) is 0 Å². The Morgan fingerprint density at radius 1 is 1.19 bits per heavy atom. The molecule has 2 amide bonds. The molecule has 1 aliphatic heterocycles. The molecule has 0 radical (unpaired) electrons. The Balaban J connectivity index is 2.27. The Morgan fingerprint density at radius 3 is 2.43 bits per heavy atom. The van der Waals surface area contributed by atoms with E-state index in [0.717, 1.165) is 24.3 Å². The van der Waals surface area contributed by atoms with E-state index in [4.69, 9.17) is 10.2 Å². The Bertz CT molecular complexity index is 372. The van der Waals surface area contributed by atoms with E-state index in [9.17, 15) is 14.4 Å². The van der Waals surface area contributed by atoms with Gasteiger partial charge in [0.25, 0.3) is 0 Å². The number of aliphatic carboxylic acids is 2. The zero-order chi connectivity index (χ0) is 15.7. The second kappa shape index (κ2) is 9.49. The van der Waals surface area contributed by atoms with Gasteiger partial charge in [-0.05, 0) is 43.1 Å². The number of hydrogen-bond donors (Lipinski definition) is 4. The first-order valence-corrected chi connectivity index (χ1v) is 8.21. The maximum absolute atomic E-state index is 11.7. The van der Waals surface area contributed by atoms with Gasteiger partial charge in [0.2, 0.25) is 0 Å². The summed E-state index contributed by atoms with van der Waals surface area (Å²) >= 11 is 1.90. The molecule has 1 aliphatic rings. The van der Waals surface area contributed by atoms with Crippen molar-refractivity contribution in [2.45, 2.75) is 38.1 Å². The Hall–Kier alpha value is -1.44. The molecule has 120 valence electrons. The maximum Gasteiger partial charge on any atom is 0.326 e. The minimum absolute atomic E-state index is 0.104. The van der Waals surface area contributed by atoms with Crippen molar-refractivity contribution < 1.29 is 24.6 Å². The molecular weight excluding hydrogens is 296 g/mol. The van der Waals surface area contributed by atoms with E-state index in [1.54, 1.807) is 0 Å². The largest absolute Gasteiger partial charge is 0.481 e. The number of nitrogens with one attached hydrogen (secondary N) is 2. The lowest BCUT2D eigenvalue weighted by molar-refractivity contribution is -0.140. The van der Waals surface area contributed by atoms with Crippen LogP contribution in [-0.2, 0) is 9.59 Å². The summed E-state index contributed by atoms with van der Waals surface area (Å²) in [5.41, 5.74) is 0. The second-order valence-corrected chi connectivity index (χ2v) is 6.31. The molecule has 1 atom stereocenters. The SMILES string of the molecule is O=C(O)CCC[C@@H](NC(=O)NCC1CCSCC1)C(=O)O. The third-order valence-corrected chi connectivity index (χ3v) is 4.43. The van der Waals surface area contributed by atoms with Crippen molar-refractivity contribution in [1.29, 1.82) is 0 Å². The molecule has 0 aromatic carbocycles. The molecule has 0 bridgehead atoms. The molecule has 0 aromatic rings. The van der Waals surface area contributed by atoms with Crippen LogP contribution in [0.5, 0.6) is 0 Å². The summed E-state index contributed by atoms with van der Waals surface area (Å²) in [5.74, 6) is 0.526. The Kier molecular flexibility index (Phi) is 7.96. The van der Waals surface area contributed by atoms with Crippen molar-refractivity contribution >= 4 is 29.7 Å². The van der Waals surface area contributed by atoms with Crippen molar-refractivity contribution in [1.82, 2.24) is 10.6 Å². The van der Waals surface area contributed by atoms with Crippen molar-refractivity contribution in [3.8, 4) is 0 Å². The van der Waals surface area contributed by atoms with Crippen molar-refractivity contribution in [3.63, 3.8) is 0 Å². The Morgan fingerprint density at radius 2 is 1.86 bits per heavy atom. The number of amides is 2. The number of thioether (sulfide) groups is 1. The number of carboxylic acid groups (broad SMARTS) is 2. The molecule has 1 saturated heterocycles. The van der Waals surface area contributed by atoms with Crippen molar-refractivity contribution in [3.05, 3.63) is 0 Å². The highest BCUT2D eigenvalue weighted by atomic mass is 32.2. The van der Waals surface area contributed by atoms with E-state index in [1.165, 1.54) is 0 Å². The first-order chi connectivity index (χ1) is 9.99. The molecule has 1 fully saturated rings. The van der Waals surface area contributed by atoms with Crippen LogP contribution in [0.15, 0.2) is 0 Å². The molecule has 7 nitrogen and oxygen atoms in total. The van der Waals surface area contributed by atoms with Crippen LogP contribution in [0.2, 0.25) is 0 Å². The molecule has 8 heteroatoms. The van der Waals surface area contributed by atoms with Crippen LogP contribution in [0.3, 0.4) is 0 Å². The summed E-state index contributed by atoms with van der Waals surface area (Å²) in [7, 11) is 0. The first-order valence-electron chi connectivity index (χ1n) is 7.05. The average Bonchev–Trinajstić information content (AvgIpc) is 2.44. The molecular formula is C13H22N2O5S. The monoisotopic (exact) mass is 318 g/mol. The number of carbonyl (C=O) groups is 3. The van der Waals surface area contributed by atoms with E-state index >= 15 is 0 Å².